The van der Waals surface area contributed by atoms with Crippen LogP contribution in [0.4, 0.5) is 65.9 Å². The number of fused-ring (bicyclic) bond motifs is 1. The number of aryl methyl sites for hydroxylation is 1. The van der Waals surface area contributed by atoms with Crippen LogP contribution >= 0.6 is 7.26 Å². The molecule has 8 rings (SSSR count). The lowest BCUT2D eigenvalue weighted by Crippen LogP contribution is -2.75. The Labute approximate surface area is 491 Å². The number of ether oxygens (including phenoxy) is 2. The van der Waals surface area contributed by atoms with Gasteiger partial charge in [0.2, 0.25) is 0 Å². The highest BCUT2D eigenvalue weighted by molar-refractivity contribution is 7.93. The molecule has 1 heterocycles. The van der Waals surface area contributed by atoms with Crippen molar-refractivity contribution in [3.05, 3.63) is 192 Å². The zero-order valence-corrected chi connectivity index (χ0v) is 51.1. The molecule has 2 fully saturated rings. The SMILES string of the molecule is COC(=O)[C@@]12C[C@@H]1CC[P+](c1c(C(C)C)cc(C(C)C)cc1C(C)C)(c1c(C(C)C)cc(C(C)C)cc1C(C)C)/C2=C(\OC)O[B-](c1c(F)c(F)c(F)c(F)c1F)(c1c(F)c(F)c(F)c(F)c1F)c1c(F)c(F)c(F)c(F)c1F.Cc1ccccc1. The van der Waals surface area contributed by atoms with Gasteiger partial charge in [-0.25, -0.2) is 65.9 Å². The van der Waals surface area contributed by atoms with Crippen molar-refractivity contribution in [2.45, 2.75) is 138 Å². The molecule has 0 spiro atoms. The van der Waals surface area contributed by atoms with Gasteiger partial charge in [0.15, 0.2) is 57.7 Å². The lowest BCUT2D eigenvalue weighted by atomic mass is 9.27. The molecule has 0 bridgehead atoms. The average Bonchev–Trinajstić information content (AvgIpc) is 1.40. The Morgan fingerprint density at radius 1 is 0.465 bits per heavy atom. The van der Waals surface area contributed by atoms with Gasteiger partial charge in [0.25, 0.3) is 12.3 Å². The molecule has 0 amide bonds. The maximum atomic E-state index is 17.2. The largest absolute Gasteiger partial charge is 0.673 e. The highest BCUT2D eigenvalue weighted by atomic mass is 31.2. The van der Waals surface area contributed by atoms with E-state index < -0.39 is 169 Å². The van der Waals surface area contributed by atoms with Gasteiger partial charge < -0.3 is 14.1 Å². The van der Waals surface area contributed by atoms with E-state index >= 15 is 70.7 Å². The molecule has 0 N–H and O–H groups in total. The normalized spacial score (nSPS) is 17.2. The minimum atomic E-state index is -6.69. The van der Waals surface area contributed by atoms with Gasteiger partial charge in [0.05, 0.1) is 20.4 Å². The highest BCUT2D eigenvalue weighted by Crippen LogP contribution is 2.83. The van der Waals surface area contributed by atoms with Gasteiger partial charge in [-0.05, 0) is 94.6 Å². The molecule has 2 atom stereocenters. The fraction of sp³-hybridized carbons (Fsp3) is 0.400. The summed E-state index contributed by atoms with van der Waals surface area (Å²) < 4.78 is 263. The first-order valence-corrected chi connectivity index (χ1v) is 30.1. The van der Waals surface area contributed by atoms with E-state index in [2.05, 4.69) is 19.1 Å². The number of hydrogen-bond acceptors (Lipinski definition) is 4. The van der Waals surface area contributed by atoms with Crippen molar-refractivity contribution in [3.63, 3.8) is 0 Å². The van der Waals surface area contributed by atoms with Crippen LogP contribution in [0.25, 0.3) is 0 Å². The Morgan fingerprint density at radius 3 is 1.01 bits per heavy atom. The summed E-state index contributed by atoms with van der Waals surface area (Å²) in [6, 6.07) is 17.9. The second-order valence-corrected chi connectivity index (χ2v) is 27.5. The lowest BCUT2D eigenvalue weighted by molar-refractivity contribution is -0.146. The van der Waals surface area contributed by atoms with Gasteiger partial charge in [0, 0.05) is 0 Å². The van der Waals surface area contributed by atoms with E-state index in [4.69, 9.17) is 14.1 Å². The van der Waals surface area contributed by atoms with E-state index in [1.165, 1.54) is 5.56 Å². The van der Waals surface area contributed by atoms with E-state index in [1.54, 1.807) is 0 Å². The number of esters is 1. The Kier molecular flexibility index (Phi) is 19.5. The molecule has 464 valence electrons. The van der Waals surface area contributed by atoms with Gasteiger partial charge in [0.1, 0.15) is 58.2 Å². The Balaban J connectivity index is 0.00000141. The van der Waals surface area contributed by atoms with Crippen molar-refractivity contribution in [1.82, 2.24) is 0 Å². The maximum Gasteiger partial charge on any atom is 0.320 e. The summed E-state index contributed by atoms with van der Waals surface area (Å²) in [5, 5.41) is 0.494. The predicted molar refractivity (Wildman–Crippen MR) is 305 cm³/mol. The number of methoxy groups -OCH3 is 2. The number of benzene rings is 6. The molecule has 0 radical (unpaired) electrons. The molecule has 1 saturated heterocycles. The summed E-state index contributed by atoms with van der Waals surface area (Å²) in [7, 11) is -2.61. The molecule has 6 aromatic carbocycles. The molecule has 2 aliphatic rings. The average molecular weight is 1240 g/mol. The van der Waals surface area contributed by atoms with Crippen LogP contribution in [0.15, 0.2) is 65.9 Å². The molecule has 1 saturated carbocycles. The summed E-state index contributed by atoms with van der Waals surface area (Å²) in [6.07, 6.45) is -6.89. The zero-order chi connectivity index (χ0) is 64.5. The van der Waals surface area contributed by atoms with E-state index in [-0.39, 0.29) is 30.8 Å². The van der Waals surface area contributed by atoms with Crippen molar-refractivity contribution >= 4 is 46.6 Å². The van der Waals surface area contributed by atoms with E-state index in [1.807, 2.05) is 126 Å². The molecule has 1 aliphatic heterocycles. The second-order valence-electron chi connectivity index (χ2n) is 24.1. The predicted octanol–water partition coefficient (Wildman–Crippen LogP) is 16.6. The molecule has 1 aliphatic carbocycles. The van der Waals surface area contributed by atoms with E-state index in [0.717, 1.165) is 18.2 Å². The van der Waals surface area contributed by atoms with Gasteiger partial charge in [-0.1, -0.05) is 160 Å². The molecule has 0 unspecified atom stereocenters. The van der Waals surface area contributed by atoms with Crippen LogP contribution in [0, 0.1) is 106 Å². The smallest absolute Gasteiger partial charge is 0.320 e. The number of halogens is 15. The summed E-state index contributed by atoms with van der Waals surface area (Å²) in [5.41, 5.74) is -5.77. The highest BCUT2D eigenvalue weighted by Gasteiger charge is 2.78. The van der Waals surface area contributed by atoms with Crippen LogP contribution in [0.3, 0.4) is 0 Å². The van der Waals surface area contributed by atoms with Crippen molar-refractivity contribution in [1.29, 1.82) is 0 Å². The number of hydrogen-bond donors (Lipinski definition) is 0. The topological polar surface area (TPSA) is 44.8 Å². The fourth-order valence-corrected chi connectivity index (χ4v) is 19.0. The third kappa shape index (κ3) is 10.8. The van der Waals surface area contributed by atoms with Crippen LogP contribution in [0.2, 0.25) is 0 Å². The summed E-state index contributed by atoms with van der Waals surface area (Å²) in [5.74, 6) is -53.6. The number of carbonyl (C=O) groups excluding carboxylic acids is 1. The molecule has 86 heavy (non-hydrogen) atoms. The Morgan fingerprint density at radius 2 is 0.767 bits per heavy atom. The fourth-order valence-electron chi connectivity index (χ4n) is 12.4. The zero-order valence-electron chi connectivity index (χ0n) is 50.2. The molecule has 0 aromatic heterocycles. The quantitative estimate of drug-likeness (QED) is 0.0195. The molecular formula is C65H67BF15O4P. The minimum Gasteiger partial charge on any atom is -0.673 e. The van der Waals surface area contributed by atoms with Gasteiger partial charge in [-0.2, -0.15) is 0 Å². The van der Waals surface area contributed by atoms with Crippen molar-refractivity contribution < 1.29 is 84.8 Å². The lowest BCUT2D eigenvalue weighted by Gasteiger charge is -2.47. The van der Waals surface area contributed by atoms with Crippen molar-refractivity contribution in [3.8, 4) is 0 Å². The first-order chi connectivity index (χ1) is 40.1. The van der Waals surface area contributed by atoms with Crippen LogP contribution < -0.4 is 27.0 Å². The Hall–Kier alpha value is -6.43. The van der Waals surface area contributed by atoms with Crippen molar-refractivity contribution in [2.75, 3.05) is 20.4 Å². The monoisotopic (exact) mass is 1240 g/mol. The number of rotatable bonds is 15. The molecule has 4 nitrogen and oxygen atoms in total. The van der Waals surface area contributed by atoms with E-state index in [0.29, 0.717) is 40.0 Å². The van der Waals surface area contributed by atoms with Gasteiger partial charge in [-0.15, -0.1) is 0 Å². The third-order valence-electron chi connectivity index (χ3n) is 16.8. The van der Waals surface area contributed by atoms with Crippen LogP contribution in [0.5, 0.6) is 0 Å². The van der Waals surface area contributed by atoms with Crippen LogP contribution in [-0.2, 0) is 18.9 Å². The first kappa shape index (κ1) is 67.1. The third-order valence-corrected chi connectivity index (χ3v) is 21.6. The molecule has 21 heteroatoms. The summed E-state index contributed by atoms with van der Waals surface area (Å²) in [4.78, 5) is 15.2. The summed E-state index contributed by atoms with van der Waals surface area (Å²) in [6.45, 7) is 24.6. The molecular weight excluding hydrogens is 1170 g/mol. The standard InChI is InChI=1S/C58H59BF15O4P.C7H8/c1-22(2)28-17-31(24(5)6)53(32(18-28)25(7)8)79(54-33(26(9)10)19-29(23(3)4)20-34(54)27(11)12)16-15-30-21-58(30,57(75)77-14)55(79)56(76-13)78-59(35-38(60)44(66)50(72)45(67)39(35)61,36-40(62)46(68)51(73)47(69)41(36)63)37-42(64)48(70)52(74)49(71)43(37)65;1-7-5-3-2-4-6-7/h17-20,22-27,30H,15-16,21H2,1-14H3;2-6H,1H3/b56-55+;/t30-,58-;/m0./s1. The van der Waals surface area contributed by atoms with Crippen LogP contribution in [-0.4, -0.2) is 32.7 Å². The van der Waals surface area contributed by atoms with Gasteiger partial charge >= 0.3 is 5.97 Å². The Bertz CT molecular complexity index is 3290. The molecule has 6 aromatic rings. The van der Waals surface area contributed by atoms with Crippen LogP contribution in [0.1, 0.15) is 170 Å². The number of carbonyl (C=O) groups is 1. The van der Waals surface area contributed by atoms with Crippen molar-refractivity contribution in [2.24, 2.45) is 11.3 Å². The minimum absolute atomic E-state index is 0.0591. The van der Waals surface area contributed by atoms with E-state index in [9.17, 15) is 0 Å². The first-order valence-electron chi connectivity index (χ1n) is 28.1. The summed E-state index contributed by atoms with van der Waals surface area (Å²) >= 11 is 0. The second kappa shape index (κ2) is 25.0. The maximum absolute atomic E-state index is 17.2. The van der Waals surface area contributed by atoms with Gasteiger partial charge in [-0.3, -0.25) is 4.79 Å².